The lowest BCUT2D eigenvalue weighted by Crippen LogP contribution is -2.29. The molecule has 1 N–H and O–H groups in total. The van der Waals surface area contributed by atoms with Crippen LogP contribution in [0.5, 0.6) is 0 Å². The van der Waals surface area contributed by atoms with Crippen LogP contribution in [-0.2, 0) is 9.59 Å². The molecule has 29 heavy (non-hydrogen) atoms. The number of pyridine rings is 1. The number of anilines is 1. The highest BCUT2D eigenvalue weighted by Crippen LogP contribution is 2.41. The summed E-state index contributed by atoms with van der Waals surface area (Å²) in [4.78, 5) is 31.5. The van der Waals surface area contributed by atoms with E-state index in [0.29, 0.717) is 16.8 Å². The summed E-state index contributed by atoms with van der Waals surface area (Å²) in [6, 6.07) is 17.3. The molecule has 5 heteroatoms. The molecule has 1 unspecified atom stereocenters. The fraction of sp³-hybridized carbons (Fsp3) is 0.125. The third-order valence-corrected chi connectivity index (χ3v) is 5.10. The summed E-state index contributed by atoms with van der Waals surface area (Å²) >= 11 is 0. The van der Waals surface area contributed by atoms with Crippen molar-refractivity contribution in [3.8, 4) is 0 Å². The number of rotatable bonds is 3. The molecule has 0 spiro atoms. The van der Waals surface area contributed by atoms with Crippen molar-refractivity contribution in [3.05, 3.63) is 101 Å². The van der Waals surface area contributed by atoms with Crippen molar-refractivity contribution < 1.29 is 14.7 Å². The highest BCUT2D eigenvalue weighted by atomic mass is 16.3. The van der Waals surface area contributed by atoms with E-state index >= 15 is 0 Å². The quantitative estimate of drug-likeness (QED) is 0.415. The van der Waals surface area contributed by atoms with Gasteiger partial charge in [-0.1, -0.05) is 47.5 Å². The first-order chi connectivity index (χ1) is 14.0. The van der Waals surface area contributed by atoms with Gasteiger partial charge in [0.2, 0.25) is 0 Å². The van der Waals surface area contributed by atoms with Crippen molar-refractivity contribution in [1.29, 1.82) is 0 Å². The first-order valence-corrected chi connectivity index (χ1v) is 9.32. The predicted octanol–water partition coefficient (Wildman–Crippen LogP) is 4.32. The molecule has 1 atom stereocenters. The number of carbonyl (C=O) groups is 2. The molecule has 0 radical (unpaired) electrons. The molecule has 5 nitrogen and oxygen atoms in total. The largest absolute Gasteiger partial charge is 0.507 e. The molecular formula is C24H20N2O3. The van der Waals surface area contributed by atoms with E-state index in [1.807, 2.05) is 38.1 Å². The Bertz CT molecular complexity index is 1100. The van der Waals surface area contributed by atoms with Gasteiger partial charge in [-0.3, -0.25) is 19.5 Å². The molecule has 1 aromatic heterocycles. The SMILES string of the molecule is Cc1ccc(/C(O)=C2/C(=O)C(=O)N(c3ccc(C)cc3)C2c2ccncc2)cc1. The second-order valence-corrected chi connectivity index (χ2v) is 7.15. The van der Waals surface area contributed by atoms with Crippen LogP contribution in [0.3, 0.4) is 0 Å². The van der Waals surface area contributed by atoms with Crippen LogP contribution in [0.4, 0.5) is 5.69 Å². The average molecular weight is 384 g/mol. The second-order valence-electron chi connectivity index (χ2n) is 7.15. The summed E-state index contributed by atoms with van der Waals surface area (Å²) in [5.74, 6) is -1.55. The minimum atomic E-state index is -0.734. The van der Waals surface area contributed by atoms with Gasteiger partial charge in [0.15, 0.2) is 0 Å². The van der Waals surface area contributed by atoms with Crippen molar-refractivity contribution >= 4 is 23.1 Å². The van der Waals surface area contributed by atoms with E-state index in [0.717, 1.165) is 11.1 Å². The summed E-state index contributed by atoms with van der Waals surface area (Å²) < 4.78 is 0. The molecule has 1 fully saturated rings. The minimum absolute atomic E-state index is 0.0747. The maximum absolute atomic E-state index is 13.0. The molecular weight excluding hydrogens is 364 g/mol. The van der Waals surface area contributed by atoms with Crippen LogP contribution in [0.25, 0.3) is 5.76 Å². The van der Waals surface area contributed by atoms with E-state index in [1.165, 1.54) is 4.90 Å². The van der Waals surface area contributed by atoms with Gasteiger partial charge in [0, 0.05) is 23.6 Å². The van der Waals surface area contributed by atoms with Gasteiger partial charge in [-0.25, -0.2) is 0 Å². The van der Waals surface area contributed by atoms with Crippen LogP contribution in [0.2, 0.25) is 0 Å². The molecule has 0 bridgehead atoms. The van der Waals surface area contributed by atoms with E-state index in [1.54, 1.807) is 48.8 Å². The third kappa shape index (κ3) is 3.31. The highest BCUT2D eigenvalue weighted by molar-refractivity contribution is 6.51. The van der Waals surface area contributed by atoms with Crippen LogP contribution in [0, 0.1) is 13.8 Å². The van der Waals surface area contributed by atoms with Gasteiger partial charge in [-0.05, 0) is 43.7 Å². The summed E-state index contributed by atoms with van der Waals surface area (Å²) in [7, 11) is 0. The molecule has 2 heterocycles. The van der Waals surface area contributed by atoms with Crippen LogP contribution in [0.15, 0.2) is 78.6 Å². The van der Waals surface area contributed by atoms with Gasteiger partial charge in [0.25, 0.3) is 11.7 Å². The van der Waals surface area contributed by atoms with Crippen molar-refractivity contribution in [1.82, 2.24) is 4.98 Å². The number of hydrogen-bond donors (Lipinski definition) is 1. The van der Waals surface area contributed by atoms with Crippen LogP contribution in [0.1, 0.15) is 28.3 Å². The Morgan fingerprint density at radius 2 is 1.41 bits per heavy atom. The highest BCUT2D eigenvalue weighted by Gasteiger charge is 2.46. The molecule has 1 saturated heterocycles. The Labute approximate surface area is 169 Å². The molecule has 1 aliphatic heterocycles. The zero-order valence-electron chi connectivity index (χ0n) is 16.2. The Kier molecular flexibility index (Phi) is 4.72. The lowest BCUT2D eigenvalue weighted by atomic mass is 9.95. The number of nitrogens with zero attached hydrogens (tertiary/aromatic N) is 2. The lowest BCUT2D eigenvalue weighted by molar-refractivity contribution is -0.132. The number of hydrogen-bond acceptors (Lipinski definition) is 4. The number of ketones is 1. The van der Waals surface area contributed by atoms with Crippen LogP contribution >= 0.6 is 0 Å². The molecule has 2 aromatic carbocycles. The van der Waals surface area contributed by atoms with E-state index in [-0.39, 0.29) is 11.3 Å². The van der Waals surface area contributed by atoms with E-state index < -0.39 is 17.7 Å². The van der Waals surface area contributed by atoms with Crippen LogP contribution < -0.4 is 4.90 Å². The fourth-order valence-electron chi connectivity index (χ4n) is 3.53. The number of Topliss-reactive ketones (excluding diaryl/α,β-unsaturated/α-hetero) is 1. The molecule has 0 aliphatic carbocycles. The third-order valence-electron chi connectivity index (χ3n) is 5.10. The monoisotopic (exact) mass is 384 g/mol. The topological polar surface area (TPSA) is 70.5 Å². The molecule has 1 amide bonds. The first kappa shape index (κ1) is 18.6. The Morgan fingerprint density at radius 1 is 0.862 bits per heavy atom. The Morgan fingerprint density at radius 3 is 2.00 bits per heavy atom. The van der Waals surface area contributed by atoms with Crippen LogP contribution in [-0.4, -0.2) is 21.8 Å². The fourth-order valence-corrected chi connectivity index (χ4v) is 3.53. The average Bonchev–Trinajstić information content (AvgIpc) is 3.00. The van der Waals surface area contributed by atoms with Crippen molar-refractivity contribution in [2.75, 3.05) is 4.90 Å². The van der Waals surface area contributed by atoms with Crippen molar-refractivity contribution in [2.45, 2.75) is 19.9 Å². The number of carbonyl (C=O) groups excluding carboxylic acids is 2. The zero-order chi connectivity index (χ0) is 20.5. The number of aliphatic hydroxyl groups is 1. The van der Waals surface area contributed by atoms with Gasteiger partial charge >= 0.3 is 0 Å². The minimum Gasteiger partial charge on any atom is -0.507 e. The molecule has 3 aromatic rings. The molecule has 1 aliphatic rings. The lowest BCUT2D eigenvalue weighted by Gasteiger charge is -2.25. The van der Waals surface area contributed by atoms with Gasteiger partial charge in [0.05, 0.1) is 11.6 Å². The molecule has 4 rings (SSSR count). The van der Waals surface area contributed by atoms with Crippen molar-refractivity contribution in [3.63, 3.8) is 0 Å². The molecule has 0 saturated carbocycles. The van der Waals surface area contributed by atoms with Gasteiger partial charge in [-0.2, -0.15) is 0 Å². The van der Waals surface area contributed by atoms with Crippen molar-refractivity contribution in [2.24, 2.45) is 0 Å². The maximum Gasteiger partial charge on any atom is 0.300 e. The number of aryl methyl sites for hydroxylation is 2. The second kappa shape index (κ2) is 7.36. The van der Waals surface area contributed by atoms with E-state index in [2.05, 4.69) is 4.98 Å². The smallest absolute Gasteiger partial charge is 0.300 e. The number of amides is 1. The van der Waals surface area contributed by atoms with E-state index in [9.17, 15) is 14.7 Å². The number of aliphatic hydroxyl groups excluding tert-OH is 1. The summed E-state index contributed by atoms with van der Waals surface area (Å²) in [6.07, 6.45) is 3.22. The van der Waals surface area contributed by atoms with Gasteiger partial charge in [0.1, 0.15) is 5.76 Å². The number of benzene rings is 2. The zero-order valence-corrected chi connectivity index (χ0v) is 16.2. The Balaban J connectivity index is 1.93. The standard InChI is InChI=1S/C24H20N2O3/c1-15-3-7-18(8-4-15)22(27)20-21(17-11-13-25-14-12-17)26(24(29)23(20)28)19-9-5-16(2)6-10-19/h3-14,21,27H,1-2H3/b22-20-. The predicted molar refractivity (Wildman–Crippen MR) is 111 cm³/mol. The summed E-state index contributed by atoms with van der Waals surface area (Å²) in [5.41, 5.74) is 3.95. The van der Waals surface area contributed by atoms with E-state index in [4.69, 9.17) is 0 Å². The summed E-state index contributed by atoms with van der Waals surface area (Å²) in [5, 5.41) is 11.0. The van der Waals surface area contributed by atoms with Gasteiger partial charge < -0.3 is 5.11 Å². The molecule has 144 valence electrons. The first-order valence-electron chi connectivity index (χ1n) is 9.32. The summed E-state index contributed by atoms with van der Waals surface area (Å²) in [6.45, 7) is 3.90. The Hall–Kier alpha value is -3.73. The maximum atomic E-state index is 13.0. The normalized spacial score (nSPS) is 18.3. The van der Waals surface area contributed by atoms with Gasteiger partial charge in [-0.15, -0.1) is 0 Å². The number of aromatic nitrogens is 1.